The number of rotatable bonds is 15. The highest BCUT2D eigenvalue weighted by Crippen LogP contribution is 2.09. The number of carbonyl (C=O) groups is 2. The summed E-state index contributed by atoms with van der Waals surface area (Å²) in [4.78, 5) is 22.7. The molecule has 4 nitrogen and oxygen atoms in total. The third kappa shape index (κ3) is 15.7. The molecule has 0 radical (unpaired) electrons. The maximum atomic E-state index is 11.5. The van der Waals surface area contributed by atoms with Crippen molar-refractivity contribution in [1.82, 2.24) is 0 Å². The summed E-state index contributed by atoms with van der Waals surface area (Å²) in [7, 11) is 0. The quantitative estimate of drug-likeness (QED) is 0.276. The fraction of sp³-hybridized carbons (Fsp3) is 0.882. The first-order valence-corrected chi connectivity index (χ1v) is 9.26. The number of hydrogen-bond donors (Lipinski definition) is 1. The maximum absolute atomic E-state index is 11.5. The molecule has 0 heterocycles. The highest BCUT2D eigenvalue weighted by atomic mass is 32.1. The van der Waals surface area contributed by atoms with E-state index in [1.54, 1.807) is 0 Å². The molecule has 0 spiro atoms. The third-order valence-corrected chi connectivity index (χ3v) is 3.56. The molecule has 0 fully saturated rings. The predicted molar refractivity (Wildman–Crippen MR) is 92.2 cm³/mol. The van der Waals surface area contributed by atoms with Crippen LogP contribution in [0.5, 0.6) is 0 Å². The van der Waals surface area contributed by atoms with Crippen molar-refractivity contribution >= 4 is 24.6 Å². The van der Waals surface area contributed by atoms with Crippen LogP contribution < -0.4 is 0 Å². The number of hydrogen-bond acceptors (Lipinski definition) is 5. The monoisotopic (exact) mass is 332 g/mol. The van der Waals surface area contributed by atoms with Gasteiger partial charge in [-0.3, -0.25) is 9.59 Å². The van der Waals surface area contributed by atoms with Gasteiger partial charge in [0.2, 0.25) is 0 Å². The largest absolute Gasteiger partial charge is 0.466 e. The summed E-state index contributed by atoms with van der Waals surface area (Å²) >= 11 is 3.98. The van der Waals surface area contributed by atoms with Crippen LogP contribution in [0.4, 0.5) is 0 Å². The fourth-order valence-corrected chi connectivity index (χ4v) is 2.18. The molecule has 0 aromatic carbocycles. The summed E-state index contributed by atoms with van der Waals surface area (Å²) in [6.07, 6.45) is 10.3. The molecule has 0 aliphatic heterocycles. The molecule has 0 rings (SSSR count). The van der Waals surface area contributed by atoms with E-state index in [9.17, 15) is 9.59 Å². The van der Waals surface area contributed by atoms with Crippen LogP contribution in [-0.2, 0) is 19.1 Å². The molecule has 130 valence electrons. The maximum Gasteiger partial charge on any atom is 0.305 e. The van der Waals surface area contributed by atoms with Crippen molar-refractivity contribution in [3.05, 3.63) is 0 Å². The second-order valence-electron chi connectivity index (χ2n) is 5.49. The molecule has 5 heteroatoms. The van der Waals surface area contributed by atoms with E-state index in [1.165, 1.54) is 12.8 Å². The van der Waals surface area contributed by atoms with Crippen LogP contribution in [0, 0.1) is 0 Å². The molecule has 0 saturated heterocycles. The molecule has 0 aliphatic rings. The summed E-state index contributed by atoms with van der Waals surface area (Å²) in [6, 6.07) is 0. The van der Waals surface area contributed by atoms with Crippen LogP contribution in [-0.4, -0.2) is 30.9 Å². The second kappa shape index (κ2) is 16.7. The third-order valence-electron chi connectivity index (χ3n) is 3.38. The van der Waals surface area contributed by atoms with Crippen LogP contribution >= 0.6 is 12.6 Å². The highest BCUT2D eigenvalue weighted by molar-refractivity contribution is 7.80. The van der Waals surface area contributed by atoms with E-state index in [1.807, 2.05) is 0 Å². The lowest BCUT2D eigenvalue weighted by Crippen LogP contribution is -2.06. The van der Waals surface area contributed by atoms with Crippen LogP contribution in [0.3, 0.4) is 0 Å². The minimum absolute atomic E-state index is 0.0770. The molecular weight excluding hydrogens is 300 g/mol. The van der Waals surface area contributed by atoms with Crippen molar-refractivity contribution in [1.29, 1.82) is 0 Å². The van der Waals surface area contributed by atoms with Gasteiger partial charge in [0.05, 0.1) is 6.61 Å². The number of thiol groups is 1. The van der Waals surface area contributed by atoms with E-state index < -0.39 is 0 Å². The Labute approximate surface area is 140 Å². The first kappa shape index (κ1) is 21.3. The van der Waals surface area contributed by atoms with E-state index >= 15 is 0 Å². The minimum Gasteiger partial charge on any atom is -0.466 e. The fourth-order valence-electron chi connectivity index (χ4n) is 2.09. The summed E-state index contributed by atoms with van der Waals surface area (Å²) < 4.78 is 10.1. The Kier molecular flexibility index (Phi) is 16.1. The molecule has 0 bridgehead atoms. The topological polar surface area (TPSA) is 52.6 Å². The summed E-state index contributed by atoms with van der Waals surface area (Å²) in [6.45, 7) is 3.12. The van der Waals surface area contributed by atoms with Crippen LogP contribution in [0.25, 0.3) is 0 Å². The van der Waals surface area contributed by atoms with E-state index in [-0.39, 0.29) is 11.9 Å². The Morgan fingerprint density at radius 1 is 0.727 bits per heavy atom. The molecule has 0 aromatic heterocycles. The van der Waals surface area contributed by atoms with Gasteiger partial charge in [0.1, 0.15) is 6.61 Å². The number of esters is 2. The Bertz CT molecular complexity index is 282. The Balaban J connectivity index is 3.24. The highest BCUT2D eigenvalue weighted by Gasteiger charge is 2.04. The van der Waals surface area contributed by atoms with Crippen molar-refractivity contribution in [3.63, 3.8) is 0 Å². The molecule has 0 atom stereocenters. The van der Waals surface area contributed by atoms with Crippen molar-refractivity contribution in [2.75, 3.05) is 19.0 Å². The zero-order chi connectivity index (χ0) is 16.5. The summed E-state index contributed by atoms with van der Waals surface area (Å²) in [5.74, 6) is 0.355. The molecule has 0 amide bonds. The van der Waals surface area contributed by atoms with Crippen molar-refractivity contribution in [2.24, 2.45) is 0 Å². The van der Waals surface area contributed by atoms with Crippen LogP contribution in [0.15, 0.2) is 0 Å². The molecule has 22 heavy (non-hydrogen) atoms. The van der Waals surface area contributed by atoms with Gasteiger partial charge in [-0.25, -0.2) is 0 Å². The van der Waals surface area contributed by atoms with E-state index in [4.69, 9.17) is 9.47 Å². The molecular formula is C17H32O4S. The van der Waals surface area contributed by atoms with E-state index in [0.29, 0.717) is 31.8 Å². The second-order valence-corrected chi connectivity index (χ2v) is 5.94. The predicted octanol–water partition coefficient (Wildman–Crippen LogP) is 4.31. The number of unbranched alkanes of at least 4 members (excludes halogenated alkanes) is 7. The zero-order valence-corrected chi connectivity index (χ0v) is 14.9. The Hall–Kier alpha value is -0.710. The SMILES string of the molecule is CCCCCCOC(=O)CCCCCCCC(=O)OCCS. The molecule has 0 unspecified atom stereocenters. The Morgan fingerprint density at radius 3 is 1.77 bits per heavy atom. The van der Waals surface area contributed by atoms with Gasteiger partial charge < -0.3 is 9.47 Å². The van der Waals surface area contributed by atoms with E-state index in [0.717, 1.165) is 44.9 Å². The van der Waals surface area contributed by atoms with Crippen molar-refractivity contribution in [2.45, 2.75) is 77.6 Å². The average molecular weight is 333 g/mol. The number of ether oxygens (including phenoxy) is 2. The van der Waals surface area contributed by atoms with E-state index in [2.05, 4.69) is 19.6 Å². The summed E-state index contributed by atoms with van der Waals surface area (Å²) in [5.41, 5.74) is 0. The molecule has 0 aromatic rings. The van der Waals surface area contributed by atoms with Gasteiger partial charge in [-0.1, -0.05) is 45.4 Å². The van der Waals surface area contributed by atoms with Gasteiger partial charge >= 0.3 is 11.9 Å². The van der Waals surface area contributed by atoms with Gasteiger partial charge in [0.15, 0.2) is 0 Å². The lowest BCUT2D eigenvalue weighted by molar-refractivity contribution is -0.144. The van der Waals surface area contributed by atoms with Crippen LogP contribution in [0.1, 0.15) is 77.6 Å². The van der Waals surface area contributed by atoms with Gasteiger partial charge in [0, 0.05) is 18.6 Å². The lowest BCUT2D eigenvalue weighted by Gasteiger charge is -2.05. The molecule has 0 aliphatic carbocycles. The first-order valence-electron chi connectivity index (χ1n) is 8.62. The van der Waals surface area contributed by atoms with Gasteiger partial charge in [-0.05, 0) is 19.3 Å². The summed E-state index contributed by atoms with van der Waals surface area (Å²) in [5, 5.41) is 0. The lowest BCUT2D eigenvalue weighted by atomic mass is 10.1. The molecule has 0 saturated carbocycles. The van der Waals surface area contributed by atoms with Gasteiger partial charge in [-0.2, -0.15) is 12.6 Å². The van der Waals surface area contributed by atoms with Crippen molar-refractivity contribution in [3.8, 4) is 0 Å². The average Bonchev–Trinajstić information content (AvgIpc) is 2.51. The van der Waals surface area contributed by atoms with Gasteiger partial charge in [-0.15, -0.1) is 0 Å². The minimum atomic E-state index is -0.138. The first-order chi connectivity index (χ1) is 10.7. The molecule has 0 N–H and O–H groups in total. The zero-order valence-electron chi connectivity index (χ0n) is 14.0. The smallest absolute Gasteiger partial charge is 0.305 e. The Morgan fingerprint density at radius 2 is 1.23 bits per heavy atom. The standard InChI is InChI=1S/C17H32O4S/c1-2-3-4-10-13-20-16(18)11-8-6-5-7-9-12-17(19)21-14-15-22/h22H,2-15H2,1H3. The van der Waals surface area contributed by atoms with Crippen LogP contribution in [0.2, 0.25) is 0 Å². The van der Waals surface area contributed by atoms with Gasteiger partial charge in [0.25, 0.3) is 0 Å². The van der Waals surface area contributed by atoms with Crippen molar-refractivity contribution < 1.29 is 19.1 Å². The number of carbonyl (C=O) groups excluding carboxylic acids is 2. The normalized spacial score (nSPS) is 10.5.